The van der Waals surface area contributed by atoms with Crippen molar-refractivity contribution in [1.29, 1.82) is 0 Å². The summed E-state index contributed by atoms with van der Waals surface area (Å²) in [6.07, 6.45) is 1.87. The Hall–Kier alpha value is -1.84. The van der Waals surface area contributed by atoms with Crippen LogP contribution in [0.2, 0.25) is 0 Å². The highest BCUT2D eigenvalue weighted by molar-refractivity contribution is 5.80. The molecule has 0 aliphatic rings. The van der Waals surface area contributed by atoms with Crippen molar-refractivity contribution >= 4 is 10.8 Å². The maximum atomic E-state index is 12.0. The van der Waals surface area contributed by atoms with Crippen molar-refractivity contribution in [2.24, 2.45) is 0 Å². The van der Waals surface area contributed by atoms with Gasteiger partial charge >= 0.3 is 0 Å². The lowest BCUT2D eigenvalue weighted by Crippen LogP contribution is -2.29. The van der Waals surface area contributed by atoms with Gasteiger partial charge in [-0.05, 0) is 18.6 Å². The predicted octanol–water partition coefficient (Wildman–Crippen LogP) is 1.49. The molecule has 0 fully saturated rings. The molecule has 4 heteroatoms. The molecule has 0 spiro atoms. The molecule has 16 heavy (non-hydrogen) atoms. The third-order valence-corrected chi connectivity index (χ3v) is 2.62. The molecule has 0 radical (unpaired) electrons. The van der Waals surface area contributed by atoms with E-state index in [0.717, 1.165) is 12.8 Å². The summed E-state index contributed by atoms with van der Waals surface area (Å²) in [6.45, 7) is 2.61. The van der Waals surface area contributed by atoms with Crippen molar-refractivity contribution in [1.82, 2.24) is 9.78 Å². The minimum absolute atomic E-state index is 0.122. The Morgan fingerprint density at radius 2 is 1.88 bits per heavy atom. The van der Waals surface area contributed by atoms with Crippen LogP contribution in [-0.2, 0) is 6.54 Å². The topological polar surface area (TPSA) is 54.9 Å². The zero-order valence-corrected chi connectivity index (χ0v) is 9.19. The number of rotatable bonds is 3. The van der Waals surface area contributed by atoms with Crippen molar-refractivity contribution in [3.63, 3.8) is 0 Å². The van der Waals surface area contributed by atoms with Crippen LogP contribution in [-0.4, -0.2) is 9.78 Å². The molecule has 0 unspecified atom stereocenters. The van der Waals surface area contributed by atoms with Crippen LogP contribution in [0.25, 0.3) is 10.8 Å². The van der Waals surface area contributed by atoms with E-state index < -0.39 is 0 Å². The number of nitrogens with one attached hydrogen (secondary N) is 1. The maximum absolute atomic E-state index is 12.0. The highest BCUT2D eigenvalue weighted by atomic mass is 16.2. The number of aryl methyl sites for hydroxylation is 1. The third kappa shape index (κ3) is 1.78. The molecule has 0 aliphatic carbocycles. The Morgan fingerprint density at radius 1 is 1.19 bits per heavy atom. The fourth-order valence-electron chi connectivity index (χ4n) is 1.72. The molecule has 1 aromatic heterocycles. The molecular weight excluding hydrogens is 204 g/mol. The lowest BCUT2D eigenvalue weighted by molar-refractivity contribution is 0.542. The Balaban J connectivity index is 2.66. The van der Waals surface area contributed by atoms with Crippen molar-refractivity contribution < 1.29 is 0 Å². The second-order valence-electron chi connectivity index (χ2n) is 3.80. The Kier molecular flexibility index (Phi) is 2.90. The van der Waals surface area contributed by atoms with Gasteiger partial charge in [0.2, 0.25) is 0 Å². The Morgan fingerprint density at radius 3 is 2.56 bits per heavy atom. The Bertz CT molecular complexity index is 610. The van der Waals surface area contributed by atoms with Crippen LogP contribution in [0.15, 0.2) is 33.9 Å². The predicted molar refractivity (Wildman–Crippen MR) is 63.7 cm³/mol. The van der Waals surface area contributed by atoms with Crippen LogP contribution >= 0.6 is 0 Å². The number of H-pyrrole nitrogens is 1. The monoisotopic (exact) mass is 218 g/mol. The summed E-state index contributed by atoms with van der Waals surface area (Å²) in [5.74, 6) is 0. The van der Waals surface area contributed by atoms with E-state index in [1.165, 1.54) is 4.68 Å². The molecule has 0 bridgehead atoms. The van der Waals surface area contributed by atoms with Crippen LogP contribution in [0.3, 0.4) is 0 Å². The smallest absolute Gasteiger partial charge is 0.267 e. The van der Waals surface area contributed by atoms with E-state index in [4.69, 9.17) is 0 Å². The van der Waals surface area contributed by atoms with E-state index in [1.54, 1.807) is 24.3 Å². The second kappa shape index (κ2) is 4.35. The summed E-state index contributed by atoms with van der Waals surface area (Å²) < 4.78 is 1.40. The van der Waals surface area contributed by atoms with Gasteiger partial charge in [-0.2, -0.15) is 0 Å². The first-order valence-electron chi connectivity index (χ1n) is 5.46. The summed E-state index contributed by atoms with van der Waals surface area (Å²) in [4.78, 5) is 23.7. The molecule has 0 saturated carbocycles. The summed E-state index contributed by atoms with van der Waals surface area (Å²) >= 11 is 0. The molecule has 0 amide bonds. The van der Waals surface area contributed by atoms with Crippen molar-refractivity contribution in [2.75, 3.05) is 0 Å². The highest BCUT2D eigenvalue weighted by Gasteiger charge is 2.05. The standard InChI is InChI=1S/C12H14N2O2/c1-2-3-8-14-12(16)10-7-5-4-6-9(10)11(15)13-14/h4-7H,2-3,8H2,1H3,(H,13,15). The van der Waals surface area contributed by atoms with E-state index in [9.17, 15) is 9.59 Å². The molecule has 1 heterocycles. The van der Waals surface area contributed by atoms with Gasteiger partial charge < -0.3 is 0 Å². The number of unbranched alkanes of at least 4 members (excludes halogenated alkanes) is 1. The molecule has 0 aliphatic heterocycles. The van der Waals surface area contributed by atoms with Crippen LogP contribution in [0.4, 0.5) is 0 Å². The first-order chi connectivity index (χ1) is 7.74. The van der Waals surface area contributed by atoms with Gasteiger partial charge in [0.05, 0.1) is 10.8 Å². The number of hydrogen-bond donors (Lipinski definition) is 1. The minimum atomic E-state index is -0.202. The molecule has 84 valence electrons. The van der Waals surface area contributed by atoms with Crippen LogP contribution in [0.5, 0.6) is 0 Å². The fourth-order valence-corrected chi connectivity index (χ4v) is 1.72. The summed E-state index contributed by atoms with van der Waals surface area (Å²) in [7, 11) is 0. The van der Waals surface area contributed by atoms with Gasteiger partial charge in [0.25, 0.3) is 11.1 Å². The molecule has 2 rings (SSSR count). The van der Waals surface area contributed by atoms with E-state index >= 15 is 0 Å². The summed E-state index contributed by atoms with van der Waals surface area (Å²) in [5.41, 5.74) is -0.324. The molecule has 0 saturated heterocycles. The van der Waals surface area contributed by atoms with Gasteiger partial charge in [-0.15, -0.1) is 0 Å². The normalized spacial score (nSPS) is 10.8. The van der Waals surface area contributed by atoms with Gasteiger partial charge in [-0.3, -0.25) is 14.7 Å². The van der Waals surface area contributed by atoms with E-state index in [-0.39, 0.29) is 11.1 Å². The van der Waals surface area contributed by atoms with Gasteiger partial charge in [0, 0.05) is 6.54 Å². The fraction of sp³-hybridized carbons (Fsp3) is 0.333. The summed E-state index contributed by atoms with van der Waals surface area (Å²) in [6, 6.07) is 6.88. The molecule has 1 N–H and O–H groups in total. The van der Waals surface area contributed by atoms with Gasteiger partial charge in [0.1, 0.15) is 0 Å². The van der Waals surface area contributed by atoms with Crippen molar-refractivity contribution in [2.45, 2.75) is 26.3 Å². The van der Waals surface area contributed by atoms with Gasteiger partial charge in [-0.1, -0.05) is 25.5 Å². The van der Waals surface area contributed by atoms with E-state index in [0.29, 0.717) is 17.3 Å². The quantitative estimate of drug-likeness (QED) is 0.848. The number of aromatic amines is 1. The van der Waals surface area contributed by atoms with E-state index in [1.807, 2.05) is 6.92 Å². The number of fused-ring (bicyclic) bond motifs is 1. The first kappa shape index (κ1) is 10.7. The molecule has 0 atom stereocenters. The number of benzene rings is 1. The molecule has 2 aromatic rings. The maximum Gasteiger partial charge on any atom is 0.273 e. The molecule has 1 aromatic carbocycles. The lowest BCUT2D eigenvalue weighted by atomic mass is 10.2. The second-order valence-corrected chi connectivity index (χ2v) is 3.80. The zero-order chi connectivity index (χ0) is 11.5. The average Bonchev–Trinajstić information content (AvgIpc) is 2.32. The van der Waals surface area contributed by atoms with Crippen LogP contribution in [0.1, 0.15) is 19.8 Å². The molecular formula is C12H14N2O2. The first-order valence-corrected chi connectivity index (χ1v) is 5.46. The van der Waals surface area contributed by atoms with E-state index in [2.05, 4.69) is 5.10 Å². The van der Waals surface area contributed by atoms with Crippen molar-refractivity contribution in [3.8, 4) is 0 Å². The highest BCUT2D eigenvalue weighted by Crippen LogP contribution is 2.02. The summed E-state index contributed by atoms with van der Waals surface area (Å²) in [5, 5.41) is 3.55. The van der Waals surface area contributed by atoms with Crippen LogP contribution < -0.4 is 11.1 Å². The number of hydrogen-bond acceptors (Lipinski definition) is 2. The van der Waals surface area contributed by atoms with Gasteiger partial charge in [-0.25, -0.2) is 4.68 Å². The van der Waals surface area contributed by atoms with Crippen LogP contribution in [0, 0.1) is 0 Å². The number of nitrogens with zero attached hydrogens (tertiary/aromatic N) is 1. The van der Waals surface area contributed by atoms with Crippen molar-refractivity contribution in [3.05, 3.63) is 45.0 Å². The van der Waals surface area contributed by atoms with Gasteiger partial charge in [0.15, 0.2) is 0 Å². The average molecular weight is 218 g/mol. The zero-order valence-electron chi connectivity index (χ0n) is 9.19. The number of aromatic nitrogens is 2. The largest absolute Gasteiger partial charge is 0.273 e. The lowest BCUT2D eigenvalue weighted by Gasteiger charge is -2.05. The third-order valence-electron chi connectivity index (χ3n) is 2.62. The Labute approximate surface area is 92.5 Å². The minimum Gasteiger partial charge on any atom is -0.267 e. The SMILES string of the molecule is CCCCn1[nH]c(=O)c2ccccc2c1=O. The molecule has 4 nitrogen and oxygen atoms in total.